The van der Waals surface area contributed by atoms with Gasteiger partial charge in [0.05, 0.1) is 12.8 Å². The molecule has 3 rings (SSSR count). The number of carbonyl (C=O) groups is 2. The highest BCUT2D eigenvalue weighted by atomic mass is 35.5. The number of carbonyl (C=O) groups excluding carboxylic acids is 2. The Hall–Kier alpha value is -3.55. The van der Waals surface area contributed by atoms with Crippen molar-refractivity contribution in [1.82, 2.24) is 5.43 Å². The Morgan fingerprint density at radius 2 is 1.51 bits per heavy atom. The molecule has 9 heteroatoms. The molecule has 0 saturated carbocycles. The fourth-order valence-corrected chi connectivity index (χ4v) is 3.36. The number of hydrogen-bond acceptors (Lipinski definition) is 5. The summed E-state index contributed by atoms with van der Waals surface area (Å²) in [4.78, 5) is 24.1. The molecule has 0 atom stereocenters. The van der Waals surface area contributed by atoms with Gasteiger partial charge in [-0.15, -0.1) is 0 Å². The number of ether oxygens (including phenoxy) is 2. The number of unbranched alkanes of at least 4 members (excludes halogenated alkanes) is 1. The number of nitrogens with zero attached hydrogens (tertiary/aromatic N) is 1. The van der Waals surface area contributed by atoms with E-state index in [4.69, 9.17) is 32.7 Å². The molecule has 7 nitrogen and oxygen atoms in total. The first-order chi connectivity index (χ1) is 17.0. The molecule has 0 spiro atoms. The predicted octanol–water partition coefficient (Wildman–Crippen LogP) is 5.84. The standard InChI is InChI=1S/C26H25Cl2N3O4/c1-2-3-15-34-20-13-9-19(10-14-20)30-25(32)26(33)31-29-16-18-7-11-21(12-8-18)35-17-22-23(27)5-4-6-24(22)28/h4-14,16H,2-3,15,17H2,1H3,(H,30,32)(H,31,33)/b29-16-. The lowest BCUT2D eigenvalue weighted by molar-refractivity contribution is -0.136. The van der Waals surface area contributed by atoms with Crippen molar-refractivity contribution in [2.24, 2.45) is 5.10 Å². The van der Waals surface area contributed by atoms with E-state index < -0.39 is 11.8 Å². The van der Waals surface area contributed by atoms with E-state index in [0.29, 0.717) is 45.0 Å². The number of amides is 2. The molecular weight excluding hydrogens is 489 g/mol. The molecule has 0 aliphatic heterocycles. The van der Waals surface area contributed by atoms with Gasteiger partial charge in [0.15, 0.2) is 0 Å². The number of rotatable bonds is 10. The van der Waals surface area contributed by atoms with Crippen molar-refractivity contribution in [3.05, 3.63) is 87.9 Å². The van der Waals surface area contributed by atoms with Crippen LogP contribution in [0.1, 0.15) is 30.9 Å². The second kappa shape index (κ2) is 13.4. The summed E-state index contributed by atoms with van der Waals surface area (Å²) in [5.41, 5.74) is 4.09. The van der Waals surface area contributed by atoms with E-state index in [0.717, 1.165) is 12.8 Å². The SMILES string of the molecule is CCCCOc1ccc(NC(=O)C(=O)N/N=C\c2ccc(OCc3c(Cl)cccc3Cl)cc2)cc1. The maximum atomic E-state index is 12.1. The summed E-state index contributed by atoms with van der Waals surface area (Å²) in [5.74, 6) is -0.400. The Bertz CT molecular complexity index is 1150. The van der Waals surface area contributed by atoms with Gasteiger partial charge in [0.2, 0.25) is 0 Å². The molecule has 0 radical (unpaired) electrons. The lowest BCUT2D eigenvalue weighted by atomic mass is 10.2. The zero-order chi connectivity index (χ0) is 25.0. The third kappa shape index (κ3) is 8.31. The number of hydrogen-bond donors (Lipinski definition) is 2. The van der Waals surface area contributed by atoms with E-state index in [9.17, 15) is 9.59 Å². The Morgan fingerprint density at radius 3 is 2.17 bits per heavy atom. The van der Waals surface area contributed by atoms with E-state index in [2.05, 4.69) is 22.8 Å². The molecule has 2 amide bonds. The summed E-state index contributed by atoms with van der Waals surface area (Å²) in [6, 6.07) is 19.1. The molecule has 3 aromatic rings. The molecule has 182 valence electrons. The Labute approximate surface area is 214 Å². The topological polar surface area (TPSA) is 89.0 Å². The van der Waals surface area contributed by atoms with Gasteiger partial charge in [0, 0.05) is 21.3 Å². The lowest BCUT2D eigenvalue weighted by Crippen LogP contribution is -2.32. The predicted molar refractivity (Wildman–Crippen MR) is 138 cm³/mol. The van der Waals surface area contributed by atoms with Crippen molar-refractivity contribution in [1.29, 1.82) is 0 Å². The summed E-state index contributed by atoms with van der Waals surface area (Å²) < 4.78 is 11.3. The molecule has 0 bridgehead atoms. The first kappa shape index (κ1) is 26.1. The molecule has 0 aromatic heterocycles. The van der Waals surface area contributed by atoms with Crippen LogP contribution in [0.5, 0.6) is 11.5 Å². The third-order valence-corrected chi connectivity index (χ3v) is 5.50. The summed E-state index contributed by atoms with van der Waals surface area (Å²) in [5, 5.41) is 7.41. The van der Waals surface area contributed by atoms with E-state index in [1.165, 1.54) is 6.21 Å². The van der Waals surface area contributed by atoms with Gasteiger partial charge in [-0.1, -0.05) is 42.6 Å². The largest absolute Gasteiger partial charge is 0.494 e. The lowest BCUT2D eigenvalue weighted by Gasteiger charge is -2.09. The molecule has 2 N–H and O–H groups in total. The van der Waals surface area contributed by atoms with Gasteiger partial charge in [0.25, 0.3) is 0 Å². The molecule has 0 fully saturated rings. The molecule has 35 heavy (non-hydrogen) atoms. The summed E-state index contributed by atoms with van der Waals surface area (Å²) >= 11 is 12.3. The molecule has 3 aromatic carbocycles. The highest BCUT2D eigenvalue weighted by Gasteiger charge is 2.13. The number of nitrogens with one attached hydrogen (secondary N) is 2. The summed E-state index contributed by atoms with van der Waals surface area (Å²) in [7, 11) is 0. The second-order valence-corrected chi connectivity index (χ2v) is 8.25. The van der Waals surface area contributed by atoms with Crippen LogP contribution in [0.2, 0.25) is 10.0 Å². The average molecular weight is 514 g/mol. The zero-order valence-electron chi connectivity index (χ0n) is 19.1. The van der Waals surface area contributed by atoms with Crippen LogP contribution in [0.15, 0.2) is 71.8 Å². The first-order valence-electron chi connectivity index (χ1n) is 11.0. The van der Waals surface area contributed by atoms with Crippen LogP contribution in [0, 0.1) is 0 Å². The number of anilines is 1. The number of hydrazone groups is 1. The average Bonchev–Trinajstić information content (AvgIpc) is 2.86. The van der Waals surface area contributed by atoms with Gasteiger partial charge in [-0.2, -0.15) is 5.10 Å². The van der Waals surface area contributed by atoms with Gasteiger partial charge in [-0.05, 0) is 72.6 Å². The maximum Gasteiger partial charge on any atom is 0.329 e. The van der Waals surface area contributed by atoms with Gasteiger partial charge in [0.1, 0.15) is 18.1 Å². The summed E-state index contributed by atoms with van der Waals surface area (Å²) in [6.07, 6.45) is 3.43. The van der Waals surface area contributed by atoms with Gasteiger partial charge in [-0.25, -0.2) is 5.43 Å². The number of halogens is 2. The van der Waals surface area contributed by atoms with Crippen molar-refractivity contribution in [2.45, 2.75) is 26.4 Å². The smallest absolute Gasteiger partial charge is 0.329 e. The van der Waals surface area contributed by atoms with E-state index in [1.807, 2.05) is 0 Å². The van der Waals surface area contributed by atoms with Gasteiger partial charge < -0.3 is 14.8 Å². The van der Waals surface area contributed by atoms with E-state index >= 15 is 0 Å². The highest BCUT2D eigenvalue weighted by molar-refractivity contribution is 6.39. The van der Waals surface area contributed by atoms with E-state index in [-0.39, 0.29) is 6.61 Å². The fraction of sp³-hybridized carbons (Fsp3) is 0.192. The number of benzene rings is 3. The van der Waals surface area contributed by atoms with Crippen LogP contribution in [-0.4, -0.2) is 24.6 Å². The molecule has 0 unspecified atom stereocenters. The van der Waals surface area contributed by atoms with Crippen molar-refractivity contribution in [3.63, 3.8) is 0 Å². The van der Waals surface area contributed by atoms with Crippen LogP contribution in [0.25, 0.3) is 0 Å². The quantitative estimate of drug-likeness (QED) is 0.154. The van der Waals surface area contributed by atoms with Crippen LogP contribution in [-0.2, 0) is 16.2 Å². The van der Waals surface area contributed by atoms with Crippen LogP contribution >= 0.6 is 23.2 Å². The minimum Gasteiger partial charge on any atom is -0.494 e. The molecule has 0 saturated heterocycles. The van der Waals surface area contributed by atoms with Crippen molar-refractivity contribution >= 4 is 46.9 Å². The zero-order valence-corrected chi connectivity index (χ0v) is 20.6. The van der Waals surface area contributed by atoms with Crippen LogP contribution in [0.4, 0.5) is 5.69 Å². The Kier molecular flexibility index (Phi) is 9.95. The third-order valence-electron chi connectivity index (χ3n) is 4.79. The second-order valence-electron chi connectivity index (χ2n) is 7.44. The van der Waals surface area contributed by atoms with Crippen molar-refractivity contribution in [2.75, 3.05) is 11.9 Å². The molecular formula is C26H25Cl2N3O4. The minimum absolute atomic E-state index is 0.228. The Morgan fingerprint density at radius 1 is 0.886 bits per heavy atom. The van der Waals surface area contributed by atoms with Crippen molar-refractivity contribution in [3.8, 4) is 11.5 Å². The molecule has 0 aliphatic rings. The summed E-state index contributed by atoms with van der Waals surface area (Å²) in [6.45, 7) is 2.95. The normalized spacial score (nSPS) is 10.7. The highest BCUT2D eigenvalue weighted by Crippen LogP contribution is 2.26. The van der Waals surface area contributed by atoms with Crippen LogP contribution < -0.4 is 20.2 Å². The van der Waals surface area contributed by atoms with Gasteiger partial charge >= 0.3 is 11.8 Å². The molecule has 0 aliphatic carbocycles. The van der Waals surface area contributed by atoms with Crippen LogP contribution in [0.3, 0.4) is 0 Å². The fourth-order valence-electron chi connectivity index (χ4n) is 2.85. The van der Waals surface area contributed by atoms with Gasteiger partial charge in [-0.3, -0.25) is 9.59 Å². The first-order valence-corrected chi connectivity index (χ1v) is 11.7. The monoisotopic (exact) mass is 513 g/mol. The molecule has 0 heterocycles. The maximum absolute atomic E-state index is 12.1. The Balaban J connectivity index is 1.44. The van der Waals surface area contributed by atoms with Crippen molar-refractivity contribution < 1.29 is 19.1 Å². The minimum atomic E-state index is -0.888. The van der Waals surface area contributed by atoms with E-state index in [1.54, 1.807) is 66.7 Å².